The zero-order chi connectivity index (χ0) is 16.8. The third kappa shape index (κ3) is 4.19. The molecule has 5 heteroatoms. The summed E-state index contributed by atoms with van der Waals surface area (Å²) in [5, 5.41) is 9.92. The van der Waals surface area contributed by atoms with Gasteiger partial charge in [0, 0.05) is 25.2 Å². The van der Waals surface area contributed by atoms with Crippen LogP contribution in [-0.4, -0.2) is 49.5 Å². The van der Waals surface area contributed by atoms with Crippen molar-refractivity contribution in [3.8, 4) is 17.2 Å². The summed E-state index contributed by atoms with van der Waals surface area (Å²) in [7, 11) is 1.63. The molecule has 0 radical (unpaired) electrons. The maximum absolute atomic E-state index is 9.92. The lowest BCUT2D eigenvalue weighted by Gasteiger charge is -2.33. The molecule has 1 heterocycles. The largest absolute Gasteiger partial charge is 0.508 e. The highest BCUT2D eigenvalue weighted by Crippen LogP contribution is 2.26. The molecule has 1 fully saturated rings. The summed E-state index contributed by atoms with van der Waals surface area (Å²) >= 11 is 0. The summed E-state index contributed by atoms with van der Waals surface area (Å²) in [5.74, 6) is 1.78. The van der Waals surface area contributed by atoms with Crippen LogP contribution in [0, 0.1) is 0 Å². The van der Waals surface area contributed by atoms with Crippen molar-refractivity contribution < 1.29 is 19.3 Å². The highest BCUT2D eigenvalue weighted by Gasteiger charge is 2.22. The minimum atomic E-state index is -0.00508. The maximum Gasteiger partial charge on any atom is 0.161 e. The zero-order valence-electron chi connectivity index (χ0n) is 13.9. The van der Waals surface area contributed by atoms with E-state index in [9.17, 15) is 5.11 Å². The van der Waals surface area contributed by atoms with E-state index in [-0.39, 0.29) is 6.10 Å². The Morgan fingerprint density at radius 2 is 1.88 bits per heavy atom. The summed E-state index contributed by atoms with van der Waals surface area (Å²) in [6.07, 6.45) is -0.00508. The van der Waals surface area contributed by atoms with Crippen LogP contribution in [0.25, 0.3) is 0 Å². The summed E-state index contributed by atoms with van der Waals surface area (Å²) in [4.78, 5) is 2.27. The second kappa shape index (κ2) is 8.04. The van der Waals surface area contributed by atoms with Gasteiger partial charge in [-0.3, -0.25) is 4.90 Å². The molecule has 0 aromatic heterocycles. The summed E-state index contributed by atoms with van der Waals surface area (Å²) in [6.45, 7) is 3.45. The van der Waals surface area contributed by atoms with Gasteiger partial charge in [0.15, 0.2) is 11.5 Å². The van der Waals surface area contributed by atoms with Crippen LogP contribution in [0.5, 0.6) is 17.2 Å². The van der Waals surface area contributed by atoms with Gasteiger partial charge in [-0.2, -0.15) is 0 Å². The molecular formula is C19H23NO4. The number of hydrogen-bond acceptors (Lipinski definition) is 5. The Balaban J connectivity index is 1.55. The first-order valence-electron chi connectivity index (χ1n) is 8.13. The van der Waals surface area contributed by atoms with Crippen molar-refractivity contribution in [3.05, 3.63) is 54.1 Å². The predicted octanol–water partition coefficient (Wildman–Crippen LogP) is 2.68. The molecule has 1 saturated heterocycles. The minimum Gasteiger partial charge on any atom is -0.508 e. The van der Waals surface area contributed by atoms with Crippen molar-refractivity contribution in [1.29, 1.82) is 0 Å². The lowest BCUT2D eigenvalue weighted by Crippen LogP contribution is -2.44. The van der Waals surface area contributed by atoms with Crippen LogP contribution in [-0.2, 0) is 11.3 Å². The lowest BCUT2D eigenvalue weighted by atomic mass is 10.1. The Hall–Kier alpha value is -2.24. The van der Waals surface area contributed by atoms with Gasteiger partial charge >= 0.3 is 0 Å². The van der Waals surface area contributed by atoms with Crippen LogP contribution < -0.4 is 9.47 Å². The fourth-order valence-corrected chi connectivity index (χ4v) is 2.83. The Labute approximate surface area is 142 Å². The van der Waals surface area contributed by atoms with E-state index in [2.05, 4.69) is 4.90 Å². The number of phenols is 1. The molecule has 0 saturated carbocycles. The van der Waals surface area contributed by atoms with Gasteiger partial charge in [-0.1, -0.05) is 30.3 Å². The lowest BCUT2D eigenvalue weighted by molar-refractivity contribution is -0.0508. The van der Waals surface area contributed by atoms with E-state index in [1.54, 1.807) is 13.2 Å². The number of rotatable bonds is 6. The molecule has 1 N–H and O–H groups in total. The number of para-hydroxylation sites is 3. The predicted molar refractivity (Wildman–Crippen MR) is 91.6 cm³/mol. The smallest absolute Gasteiger partial charge is 0.161 e. The monoisotopic (exact) mass is 329 g/mol. The van der Waals surface area contributed by atoms with Crippen LogP contribution in [0.3, 0.4) is 0 Å². The average molecular weight is 329 g/mol. The molecule has 0 spiro atoms. The number of aromatic hydroxyl groups is 1. The van der Waals surface area contributed by atoms with Gasteiger partial charge in [0.1, 0.15) is 18.5 Å². The SMILES string of the molecule is COc1ccccc1OCC1CN(Cc2ccccc2O)CCO1. The molecule has 0 aliphatic carbocycles. The van der Waals surface area contributed by atoms with Gasteiger partial charge in [0.2, 0.25) is 0 Å². The van der Waals surface area contributed by atoms with E-state index in [4.69, 9.17) is 14.2 Å². The molecule has 0 amide bonds. The van der Waals surface area contributed by atoms with E-state index < -0.39 is 0 Å². The standard InChI is InChI=1S/C19H23NO4/c1-22-18-8-4-5-9-19(18)24-14-16-13-20(10-11-23-16)12-15-6-2-3-7-17(15)21/h2-9,16,21H,10-14H2,1H3. The first-order chi connectivity index (χ1) is 11.8. The normalized spacial score (nSPS) is 18.3. The molecule has 128 valence electrons. The van der Waals surface area contributed by atoms with Gasteiger partial charge in [0.05, 0.1) is 13.7 Å². The van der Waals surface area contributed by atoms with Crippen LogP contribution in [0.4, 0.5) is 0 Å². The Morgan fingerprint density at radius 1 is 1.12 bits per heavy atom. The van der Waals surface area contributed by atoms with Gasteiger partial charge < -0.3 is 19.3 Å². The second-order valence-electron chi connectivity index (χ2n) is 5.82. The molecule has 2 aromatic carbocycles. The fourth-order valence-electron chi connectivity index (χ4n) is 2.83. The quantitative estimate of drug-likeness (QED) is 0.883. The third-order valence-electron chi connectivity index (χ3n) is 4.10. The van der Waals surface area contributed by atoms with E-state index >= 15 is 0 Å². The number of benzene rings is 2. The van der Waals surface area contributed by atoms with Crippen molar-refractivity contribution in [2.75, 3.05) is 33.4 Å². The molecule has 1 unspecified atom stereocenters. The molecule has 2 aromatic rings. The van der Waals surface area contributed by atoms with Gasteiger partial charge in [-0.25, -0.2) is 0 Å². The summed E-state index contributed by atoms with van der Waals surface area (Å²) in [5.41, 5.74) is 0.934. The molecule has 5 nitrogen and oxygen atoms in total. The molecule has 0 bridgehead atoms. The number of morpholine rings is 1. The van der Waals surface area contributed by atoms with Crippen LogP contribution >= 0.6 is 0 Å². The zero-order valence-corrected chi connectivity index (χ0v) is 13.9. The average Bonchev–Trinajstić information content (AvgIpc) is 2.62. The highest BCUT2D eigenvalue weighted by atomic mass is 16.5. The number of nitrogens with zero attached hydrogens (tertiary/aromatic N) is 1. The Bertz CT molecular complexity index is 661. The van der Waals surface area contributed by atoms with Crippen molar-refractivity contribution in [2.24, 2.45) is 0 Å². The molecule has 1 atom stereocenters. The Kier molecular flexibility index (Phi) is 5.56. The third-order valence-corrected chi connectivity index (χ3v) is 4.10. The molecule has 3 rings (SSSR count). The van der Waals surface area contributed by atoms with Crippen molar-refractivity contribution in [3.63, 3.8) is 0 Å². The van der Waals surface area contributed by atoms with E-state index in [1.165, 1.54) is 0 Å². The van der Waals surface area contributed by atoms with Gasteiger partial charge in [0.25, 0.3) is 0 Å². The van der Waals surface area contributed by atoms with Crippen molar-refractivity contribution >= 4 is 0 Å². The van der Waals surface area contributed by atoms with E-state index in [0.29, 0.717) is 25.5 Å². The maximum atomic E-state index is 9.92. The fraction of sp³-hybridized carbons (Fsp3) is 0.368. The number of ether oxygens (including phenoxy) is 3. The molecule has 1 aliphatic rings. The molecular weight excluding hydrogens is 306 g/mol. The van der Waals surface area contributed by atoms with Crippen LogP contribution in [0.1, 0.15) is 5.56 Å². The number of methoxy groups -OCH3 is 1. The minimum absolute atomic E-state index is 0.00508. The van der Waals surface area contributed by atoms with Gasteiger partial charge in [-0.05, 0) is 18.2 Å². The molecule has 1 aliphatic heterocycles. The van der Waals surface area contributed by atoms with Gasteiger partial charge in [-0.15, -0.1) is 0 Å². The number of hydrogen-bond donors (Lipinski definition) is 1. The van der Waals surface area contributed by atoms with Crippen LogP contribution in [0.15, 0.2) is 48.5 Å². The topological polar surface area (TPSA) is 51.2 Å². The summed E-state index contributed by atoms with van der Waals surface area (Å²) in [6, 6.07) is 15.0. The van der Waals surface area contributed by atoms with E-state index in [0.717, 1.165) is 30.2 Å². The first kappa shape index (κ1) is 16.6. The van der Waals surface area contributed by atoms with Crippen molar-refractivity contribution in [2.45, 2.75) is 12.6 Å². The van der Waals surface area contributed by atoms with Crippen LogP contribution in [0.2, 0.25) is 0 Å². The summed E-state index contributed by atoms with van der Waals surface area (Å²) < 4.78 is 17.0. The number of phenolic OH excluding ortho intramolecular Hbond substituents is 1. The highest BCUT2D eigenvalue weighted by molar-refractivity contribution is 5.39. The van der Waals surface area contributed by atoms with E-state index in [1.807, 2.05) is 42.5 Å². The van der Waals surface area contributed by atoms with Crippen molar-refractivity contribution in [1.82, 2.24) is 4.90 Å². The Morgan fingerprint density at radius 3 is 2.67 bits per heavy atom. The second-order valence-corrected chi connectivity index (χ2v) is 5.82. The molecule has 24 heavy (non-hydrogen) atoms. The first-order valence-corrected chi connectivity index (χ1v) is 8.13.